The molecule has 0 fully saturated rings. The van der Waals surface area contributed by atoms with Gasteiger partial charge in [0, 0.05) is 0 Å². The maximum Gasteiger partial charge on any atom is 0.142 e. The Labute approximate surface area is 120 Å². The number of rotatable bonds is 5. The molecule has 0 aliphatic rings. The van der Waals surface area contributed by atoms with Crippen molar-refractivity contribution in [3.63, 3.8) is 0 Å². The number of hydrogen-bond acceptors (Lipinski definition) is 1. The van der Waals surface area contributed by atoms with Gasteiger partial charge in [-0.25, -0.2) is 4.39 Å². The molecule has 0 bridgehead atoms. The van der Waals surface area contributed by atoms with Gasteiger partial charge in [-0.05, 0) is 42.2 Å². The van der Waals surface area contributed by atoms with Crippen LogP contribution in [0, 0.1) is 17.2 Å². The predicted molar refractivity (Wildman–Crippen MR) is 79.0 cm³/mol. The molecule has 2 atom stereocenters. The second-order valence-corrected chi connectivity index (χ2v) is 7.05. The molecule has 0 aliphatic heterocycles. The van der Waals surface area contributed by atoms with Crippen molar-refractivity contribution in [3.05, 3.63) is 34.6 Å². The van der Waals surface area contributed by atoms with E-state index >= 15 is 0 Å². The Morgan fingerprint density at radius 2 is 1.95 bits per heavy atom. The lowest BCUT2D eigenvalue weighted by Crippen LogP contribution is -2.19. The van der Waals surface area contributed by atoms with E-state index in [1.807, 2.05) is 0 Å². The first-order valence-electron chi connectivity index (χ1n) is 6.80. The summed E-state index contributed by atoms with van der Waals surface area (Å²) in [5.74, 6) is 0.0106. The van der Waals surface area contributed by atoms with Crippen LogP contribution in [-0.4, -0.2) is 11.2 Å². The highest BCUT2D eigenvalue weighted by molar-refractivity contribution is 6.31. The van der Waals surface area contributed by atoms with Crippen LogP contribution >= 0.6 is 11.6 Å². The van der Waals surface area contributed by atoms with Crippen LogP contribution in [0.5, 0.6) is 0 Å². The zero-order valence-electron chi connectivity index (χ0n) is 12.2. The largest absolute Gasteiger partial charge is 0.393 e. The van der Waals surface area contributed by atoms with Crippen LogP contribution in [0.4, 0.5) is 4.39 Å². The highest BCUT2D eigenvalue weighted by Crippen LogP contribution is 2.28. The lowest BCUT2D eigenvalue weighted by Gasteiger charge is -2.25. The summed E-state index contributed by atoms with van der Waals surface area (Å²) in [5, 5.41) is 10.2. The van der Waals surface area contributed by atoms with E-state index in [4.69, 9.17) is 11.6 Å². The topological polar surface area (TPSA) is 20.2 Å². The van der Waals surface area contributed by atoms with Crippen LogP contribution in [0.2, 0.25) is 5.02 Å². The molecule has 1 rings (SSSR count). The van der Waals surface area contributed by atoms with Crippen LogP contribution < -0.4 is 0 Å². The molecule has 0 spiro atoms. The summed E-state index contributed by atoms with van der Waals surface area (Å²) in [6.45, 7) is 8.72. The fourth-order valence-electron chi connectivity index (χ4n) is 2.64. The van der Waals surface area contributed by atoms with Gasteiger partial charge in [0.25, 0.3) is 0 Å². The Kier molecular flexibility index (Phi) is 5.82. The summed E-state index contributed by atoms with van der Waals surface area (Å²) in [4.78, 5) is 0. The highest BCUT2D eigenvalue weighted by Gasteiger charge is 2.19. The first-order chi connectivity index (χ1) is 8.69. The maximum absolute atomic E-state index is 13.3. The molecule has 0 aromatic heterocycles. The average Bonchev–Trinajstić information content (AvgIpc) is 2.21. The minimum atomic E-state index is -0.475. The number of halogens is 2. The zero-order chi connectivity index (χ0) is 14.6. The predicted octanol–water partition coefficient (Wildman–Crippen LogP) is 4.84. The Balaban J connectivity index is 2.56. The molecule has 0 amide bonds. The van der Waals surface area contributed by atoms with E-state index < -0.39 is 11.9 Å². The summed E-state index contributed by atoms with van der Waals surface area (Å²) in [6.07, 6.45) is 1.70. The molecule has 0 saturated heterocycles. The quantitative estimate of drug-likeness (QED) is 0.821. The SMILES string of the molecule is CC(CC(O)Cc1cccc(F)c1Cl)CC(C)(C)C. The van der Waals surface area contributed by atoms with Gasteiger partial charge in [0.05, 0.1) is 11.1 Å². The van der Waals surface area contributed by atoms with E-state index in [1.165, 1.54) is 6.07 Å². The van der Waals surface area contributed by atoms with Gasteiger partial charge in [0.2, 0.25) is 0 Å². The van der Waals surface area contributed by atoms with Crippen molar-refractivity contribution in [2.75, 3.05) is 0 Å². The van der Waals surface area contributed by atoms with Crippen molar-refractivity contribution in [2.24, 2.45) is 11.3 Å². The first-order valence-corrected chi connectivity index (χ1v) is 7.18. The van der Waals surface area contributed by atoms with Gasteiger partial charge in [0.1, 0.15) is 5.82 Å². The van der Waals surface area contributed by atoms with Crippen molar-refractivity contribution in [3.8, 4) is 0 Å². The van der Waals surface area contributed by atoms with Crippen molar-refractivity contribution < 1.29 is 9.50 Å². The molecule has 0 saturated carbocycles. The van der Waals surface area contributed by atoms with E-state index in [0.29, 0.717) is 24.3 Å². The average molecular weight is 287 g/mol. The lowest BCUT2D eigenvalue weighted by molar-refractivity contribution is 0.133. The molecule has 1 aromatic rings. The molecular weight excluding hydrogens is 263 g/mol. The van der Waals surface area contributed by atoms with Gasteiger partial charge in [-0.2, -0.15) is 0 Å². The Morgan fingerprint density at radius 1 is 1.32 bits per heavy atom. The Morgan fingerprint density at radius 3 is 2.53 bits per heavy atom. The maximum atomic E-state index is 13.3. The number of benzene rings is 1. The third kappa shape index (κ3) is 5.92. The molecule has 3 heteroatoms. The van der Waals surface area contributed by atoms with Gasteiger partial charge < -0.3 is 5.11 Å². The van der Waals surface area contributed by atoms with Crippen molar-refractivity contribution >= 4 is 11.6 Å². The van der Waals surface area contributed by atoms with E-state index in [2.05, 4.69) is 27.7 Å². The van der Waals surface area contributed by atoms with Crippen molar-refractivity contribution in [1.29, 1.82) is 0 Å². The van der Waals surface area contributed by atoms with E-state index in [9.17, 15) is 9.50 Å². The summed E-state index contributed by atoms with van der Waals surface area (Å²) in [6, 6.07) is 4.73. The van der Waals surface area contributed by atoms with E-state index in [1.54, 1.807) is 12.1 Å². The van der Waals surface area contributed by atoms with Gasteiger partial charge in [-0.3, -0.25) is 0 Å². The summed E-state index contributed by atoms with van der Waals surface area (Å²) in [5.41, 5.74) is 0.937. The van der Waals surface area contributed by atoms with E-state index in [0.717, 1.165) is 6.42 Å². The third-order valence-corrected chi connectivity index (χ3v) is 3.55. The molecule has 108 valence electrons. The molecule has 0 aliphatic carbocycles. The van der Waals surface area contributed by atoms with E-state index in [-0.39, 0.29) is 10.4 Å². The molecule has 1 nitrogen and oxygen atoms in total. The van der Waals surface area contributed by atoms with Gasteiger partial charge >= 0.3 is 0 Å². The minimum Gasteiger partial charge on any atom is -0.393 e. The Hall–Kier alpha value is -0.600. The standard InChI is InChI=1S/C16H24ClFO/c1-11(10-16(2,3)4)8-13(19)9-12-6-5-7-14(18)15(12)17/h5-7,11,13,19H,8-10H2,1-4H3. The summed E-state index contributed by atoms with van der Waals surface area (Å²) in [7, 11) is 0. The fraction of sp³-hybridized carbons (Fsp3) is 0.625. The molecule has 1 aromatic carbocycles. The monoisotopic (exact) mass is 286 g/mol. The normalized spacial score (nSPS) is 15.3. The van der Waals surface area contributed by atoms with Crippen LogP contribution in [0.15, 0.2) is 18.2 Å². The number of hydrogen-bond donors (Lipinski definition) is 1. The van der Waals surface area contributed by atoms with Crippen molar-refractivity contribution in [1.82, 2.24) is 0 Å². The molecule has 0 heterocycles. The first kappa shape index (κ1) is 16.5. The van der Waals surface area contributed by atoms with Crippen LogP contribution in [0.3, 0.4) is 0 Å². The van der Waals surface area contributed by atoms with Gasteiger partial charge in [-0.1, -0.05) is 51.4 Å². The number of aliphatic hydroxyl groups excluding tert-OH is 1. The molecule has 2 unspecified atom stereocenters. The van der Waals surface area contributed by atoms with Gasteiger partial charge in [-0.15, -0.1) is 0 Å². The van der Waals surface area contributed by atoms with Crippen LogP contribution in [0.1, 0.15) is 46.1 Å². The second kappa shape index (κ2) is 6.71. The minimum absolute atomic E-state index is 0.130. The smallest absolute Gasteiger partial charge is 0.142 e. The van der Waals surface area contributed by atoms with Crippen molar-refractivity contribution in [2.45, 2.75) is 53.1 Å². The second-order valence-electron chi connectivity index (χ2n) is 6.68. The molecular formula is C16H24ClFO. The lowest BCUT2D eigenvalue weighted by atomic mass is 9.83. The summed E-state index contributed by atoms with van der Waals surface area (Å²) < 4.78 is 13.3. The van der Waals surface area contributed by atoms with Gasteiger partial charge in [0.15, 0.2) is 0 Å². The molecule has 1 N–H and O–H groups in total. The molecule has 0 radical (unpaired) electrons. The summed E-state index contributed by atoms with van der Waals surface area (Å²) >= 11 is 5.89. The van der Waals surface area contributed by atoms with Crippen LogP contribution in [-0.2, 0) is 6.42 Å². The third-order valence-electron chi connectivity index (χ3n) is 3.12. The highest BCUT2D eigenvalue weighted by atomic mass is 35.5. The number of aliphatic hydroxyl groups is 1. The fourth-order valence-corrected chi connectivity index (χ4v) is 2.84. The zero-order valence-corrected chi connectivity index (χ0v) is 13.0. The Bertz CT molecular complexity index is 412. The molecule has 19 heavy (non-hydrogen) atoms. The van der Waals surface area contributed by atoms with Crippen LogP contribution in [0.25, 0.3) is 0 Å².